The summed E-state index contributed by atoms with van der Waals surface area (Å²) in [4.78, 5) is 45.3. The first-order chi connectivity index (χ1) is 22.9. The highest BCUT2D eigenvalue weighted by atomic mass is 16.5. The van der Waals surface area contributed by atoms with E-state index in [1.165, 1.54) is 7.11 Å². The lowest BCUT2D eigenvalue weighted by Gasteiger charge is -2.16. The van der Waals surface area contributed by atoms with Gasteiger partial charge in [-0.1, -0.05) is 25.3 Å². The van der Waals surface area contributed by atoms with E-state index in [2.05, 4.69) is 48.4 Å². The van der Waals surface area contributed by atoms with Crippen LogP contribution in [0.1, 0.15) is 78.6 Å². The highest BCUT2D eigenvalue weighted by molar-refractivity contribution is 6.03. The first kappa shape index (κ1) is 34.3. The Bertz CT molecular complexity index is 2060. The van der Waals surface area contributed by atoms with Crippen LogP contribution in [0.2, 0.25) is 0 Å². The molecule has 9 nitrogen and oxygen atoms in total. The number of aromatic amines is 2. The number of methoxy groups -OCH3 is 1. The number of carbonyl (C=O) groups excluding carboxylic acids is 2. The number of hydrogen-bond acceptors (Lipinski definition) is 6. The predicted octanol–water partition coefficient (Wildman–Crippen LogP) is 7.35. The Labute approximate surface area is 282 Å². The summed E-state index contributed by atoms with van der Waals surface area (Å²) in [5, 5.41) is 3.09. The van der Waals surface area contributed by atoms with Crippen molar-refractivity contribution in [1.82, 2.24) is 30.2 Å². The van der Waals surface area contributed by atoms with Gasteiger partial charge in [0.15, 0.2) is 0 Å². The molecule has 1 atom stereocenters. The normalized spacial score (nSPS) is 13.6. The Morgan fingerprint density at radius 1 is 0.854 bits per heavy atom. The minimum absolute atomic E-state index is 0.0683. The number of fused-ring (bicyclic) bond motifs is 8. The molecule has 48 heavy (non-hydrogen) atoms. The lowest BCUT2D eigenvalue weighted by atomic mass is 9.92. The maximum atomic E-state index is 13.5. The summed E-state index contributed by atoms with van der Waals surface area (Å²) in [5.74, 6) is -0.829. The summed E-state index contributed by atoms with van der Waals surface area (Å²) in [6.07, 6.45) is 4.39. The Kier molecular flexibility index (Phi) is 10.0. The second-order valence-corrected chi connectivity index (χ2v) is 12.8. The number of esters is 1. The van der Waals surface area contributed by atoms with Crippen LogP contribution in [-0.2, 0) is 14.3 Å². The average molecular weight is 647 g/mol. The van der Waals surface area contributed by atoms with Gasteiger partial charge in [-0.15, -0.1) is 0 Å². The Balaban J connectivity index is 1.85. The highest BCUT2D eigenvalue weighted by Gasteiger charge is 2.28. The van der Waals surface area contributed by atoms with E-state index in [0.717, 1.165) is 84.5 Å². The van der Waals surface area contributed by atoms with E-state index in [4.69, 9.17) is 14.7 Å². The van der Waals surface area contributed by atoms with Gasteiger partial charge >= 0.3 is 5.97 Å². The van der Waals surface area contributed by atoms with Crippen LogP contribution in [-0.4, -0.2) is 71.0 Å². The van der Waals surface area contributed by atoms with Crippen molar-refractivity contribution in [2.45, 2.75) is 47.5 Å². The van der Waals surface area contributed by atoms with Crippen LogP contribution in [0.15, 0.2) is 37.4 Å². The average Bonchev–Trinajstić information content (AvgIpc) is 3.71. The number of carbonyl (C=O) groups is 2. The lowest BCUT2D eigenvalue weighted by molar-refractivity contribution is -0.140. The molecule has 8 bridgehead atoms. The molecule has 2 aliphatic rings. The van der Waals surface area contributed by atoms with Gasteiger partial charge < -0.3 is 24.9 Å². The maximum Gasteiger partial charge on any atom is 0.305 e. The number of allylic oxidation sites excluding steroid dienone is 3. The van der Waals surface area contributed by atoms with Crippen molar-refractivity contribution in [3.63, 3.8) is 0 Å². The second-order valence-electron chi connectivity index (χ2n) is 12.8. The molecule has 3 N–H and O–H groups in total. The zero-order chi connectivity index (χ0) is 34.9. The number of H-pyrrole nitrogens is 2. The fourth-order valence-corrected chi connectivity index (χ4v) is 6.52. The van der Waals surface area contributed by atoms with Crippen molar-refractivity contribution in [3.05, 3.63) is 82.5 Å². The van der Waals surface area contributed by atoms with E-state index in [0.29, 0.717) is 24.4 Å². The summed E-state index contributed by atoms with van der Waals surface area (Å²) < 4.78 is 4.97. The maximum absolute atomic E-state index is 13.5. The van der Waals surface area contributed by atoms with Crippen molar-refractivity contribution in [2.24, 2.45) is 5.92 Å². The molecule has 3 aromatic rings. The molecule has 1 amide bonds. The number of ether oxygens (including phenoxy) is 1. The van der Waals surface area contributed by atoms with Crippen LogP contribution in [0.4, 0.5) is 0 Å². The molecule has 1 unspecified atom stereocenters. The smallest absolute Gasteiger partial charge is 0.305 e. The molecule has 9 heteroatoms. The van der Waals surface area contributed by atoms with Gasteiger partial charge in [-0.05, 0) is 113 Å². The zero-order valence-corrected chi connectivity index (χ0v) is 29.4. The number of amides is 1. The zero-order valence-electron chi connectivity index (χ0n) is 29.4. The van der Waals surface area contributed by atoms with Crippen LogP contribution >= 0.6 is 0 Å². The van der Waals surface area contributed by atoms with Gasteiger partial charge in [-0.25, -0.2) is 9.97 Å². The number of hydrogen-bond donors (Lipinski definition) is 3. The minimum Gasteiger partial charge on any atom is -0.469 e. The predicted molar refractivity (Wildman–Crippen MR) is 198 cm³/mol. The molecule has 5 heterocycles. The number of aromatic nitrogens is 4. The van der Waals surface area contributed by atoms with E-state index in [9.17, 15) is 9.59 Å². The third-order valence-electron chi connectivity index (χ3n) is 9.45. The molecule has 0 fully saturated rings. The van der Waals surface area contributed by atoms with Crippen molar-refractivity contribution < 1.29 is 14.3 Å². The van der Waals surface area contributed by atoms with Gasteiger partial charge in [0, 0.05) is 52.7 Å². The molecule has 0 spiro atoms. The van der Waals surface area contributed by atoms with Crippen LogP contribution < -0.4 is 5.32 Å². The monoisotopic (exact) mass is 646 g/mol. The van der Waals surface area contributed by atoms with Gasteiger partial charge in [0.2, 0.25) is 5.91 Å². The van der Waals surface area contributed by atoms with Crippen LogP contribution in [0.25, 0.3) is 56.5 Å². The Hall–Kier alpha value is -5.02. The molecule has 2 aliphatic heterocycles. The topological polar surface area (TPSA) is 116 Å². The van der Waals surface area contributed by atoms with Crippen LogP contribution in [0, 0.1) is 19.8 Å². The number of likely N-dealkylation sites (N-methyl/N-ethyl adjacent to an activating group) is 1. The van der Waals surface area contributed by atoms with Crippen molar-refractivity contribution in [2.75, 3.05) is 34.3 Å². The summed E-state index contributed by atoms with van der Waals surface area (Å²) in [5.41, 5.74) is 14.4. The van der Waals surface area contributed by atoms with Crippen LogP contribution in [0.3, 0.4) is 0 Å². The third kappa shape index (κ3) is 6.55. The number of nitrogens with zero attached hydrogens (tertiary/aromatic N) is 3. The van der Waals surface area contributed by atoms with E-state index in [1.54, 1.807) is 0 Å². The molecule has 0 radical (unpaired) electrons. The SMILES string of the molecule is C=Cc1c(C)c2cc3[nH]c(cc4nc(cc5nc(cc1[nH]2)C(C)=C5C(C)C(=O)NCCN(C)C)C(CCC(=O)OC)=C4C)c(C)c3C=C. The molecular weight excluding hydrogens is 600 g/mol. The van der Waals surface area contributed by atoms with Gasteiger partial charge in [0.1, 0.15) is 0 Å². The van der Waals surface area contributed by atoms with Gasteiger partial charge in [0.25, 0.3) is 0 Å². The molecule has 0 saturated heterocycles. The molecular formula is C39H46N6O3. The summed E-state index contributed by atoms with van der Waals surface area (Å²) in [7, 11) is 5.36. The number of rotatable bonds is 10. The van der Waals surface area contributed by atoms with Crippen molar-refractivity contribution in [3.8, 4) is 0 Å². The molecule has 250 valence electrons. The van der Waals surface area contributed by atoms with Gasteiger partial charge in [0.05, 0.1) is 35.8 Å². The second kappa shape index (κ2) is 14.0. The Morgan fingerprint density at radius 2 is 1.42 bits per heavy atom. The minimum atomic E-state index is -0.471. The van der Waals surface area contributed by atoms with Crippen molar-refractivity contribution in [1.29, 1.82) is 0 Å². The van der Waals surface area contributed by atoms with E-state index in [1.807, 2.05) is 70.1 Å². The van der Waals surface area contributed by atoms with E-state index >= 15 is 0 Å². The lowest BCUT2D eigenvalue weighted by Crippen LogP contribution is -2.35. The molecule has 0 aromatic carbocycles. The Morgan fingerprint density at radius 3 is 2.02 bits per heavy atom. The van der Waals surface area contributed by atoms with Gasteiger partial charge in [-0.2, -0.15) is 0 Å². The fraction of sp³-hybridized carbons (Fsp3) is 0.333. The number of nitrogens with one attached hydrogen (secondary N) is 3. The molecule has 5 rings (SSSR count). The van der Waals surface area contributed by atoms with Gasteiger partial charge in [-0.3, -0.25) is 9.59 Å². The summed E-state index contributed by atoms with van der Waals surface area (Å²) in [6.45, 7) is 19.6. The fourth-order valence-electron chi connectivity index (χ4n) is 6.52. The molecule has 0 aliphatic carbocycles. The molecule has 3 aromatic heterocycles. The highest BCUT2D eigenvalue weighted by Crippen LogP contribution is 2.39. The first-order valence-electron chi connectivity index (χ1n) is 16.3. The van der Waals surface area contributed by atoms with Crippen molar-refractivity contribution >= 4 is 68.4 Å². The standard InChI is InChI=1S/C39H46N6O3/c1-11-26-21(3)29-17-30-23(5)28(13-14-37(46)48-10)35(43-30)20-36-38(25(7)39(47)40-15-16-45(8)9)24(6)32(44-36)19-34-27(12-2)22(4)31(42-34)18-33(26)41-29/h11-12,17-20,25,41-42H,1-2,13-16H2,3-10H3,(H,40,47). The third-order valence-corrected chi connectivity index (χ3v) is 9.45. The van der Waals surface area contributed by atoms with Crippen LogP contribution in [0.5, 0.6) is 0 Å². The number of aryl methyl sites for hydroxylation is 2. The first-order valence-corrected chi connectivity index (χ1v) is 16.3. The van der Waals surface area contributed by atoms with E-state index < -0.39 is 5.92 Å². The largest absolute Gasteiger partial charge is 0.469 e. The molecule has 0 saturated carbocycles. The van der Waals surface area contributed by atoms with E-state index in [-0.39, 0.29) is 18.3 Å². The summed E-state index contributed by atoms with van der Waals surface area (Å²) >= 11 is 0. The quantitative estimate of drug-likeness (QED) is 0.199. The summed E-state index contributed by atoms with van der Waals surface area (Å²) in [6, 6.07) is 8.14.